The number of aliphatic hydroxyl groups is 5. The lowest BCUT2D eigenvalue weighted by Crippen LogP contribution is -2.16. The van der Waals surface area contributed by atoms with Crippen molar-refractivity contribution in [3.8, 4) is 0 Å². The average Bonchev–Trinajstić information content (AvgIpc) is 2.41. The Kier molecular flexibility index (Phi) is 11.7. The van der Waals surface area contributed by atoms with Crippen LogP contribution >= 0.6 is 0 Å². The molecule has 0 atom stereocenters. The maximum Gasteiger partial charge on any atom is 0.100 e. The highest BCUT2D eigenvalue weighted by molar-refractivity contribution is 4.72. The molecular weight excluding hydrogens is 236 g/mol. The molecule has 0 aromatic carbocycles. The van der Waals surface area contributed by atoms with E-state index in [1.54, 1.807) is 0 Å². The van der Waals surface area contributed by atoms with Gasteiger partial charge in [0.05, 0.1) is 13.2 Å². The third-order valence-corrected chi connectivity index (χ3v) is 3.46. The minimum absolute atomic E-state index is 0.343. The Morgan fingerprint density at radius 1 is 0.722 bits per heavy atom. The van der Waals surface area contributed by atoms with Crippen molar-refractivity contribution in [2.24, 2.45) is 11.8 Å². The van der Waals surface area contributed by atoms with E-state index in [1.807, 2.05) is 0 Å². The summed E-state index contributed by atoms with van der Waals surface area (Å²) in [5.41, 5.74) is 0. The van der Waals surface area contributed by atoms with Gasteiger partial charge in [0.1, 0.15) is 6.10 Å². The van der Waals surface area contributed by atoms with Crippen LogP contribution in [-0.2, 0) is 0 Å². The maximum atomic E-state index is 8.75. The lowest BCUT2D eigenvalue weighted by molar-refractivity contribution is 0.0450. The van der Waals surface area contributed by atoms with Crippen molar-refractivity contribution in [1.29, 1.82) is 0 Å². The first-order chi connectivity index (χ1) is 8.67. The van der Waals surface area contributed by atoms with E-state index in [9.17, 15) is 0 Å². The summed E-state index contributed by atoms with van der Waals surface area (Å²) in [6.45, 7) is -0.0440. The second kappa shape index (κ2) is 11.9. The van der Waals surface area contributed by atoms with Crippen molar-refractivity contribution in [1.82, 2.24) is 0 Å². The van der Waals surface area contributed by atoms with Crippen molar-refractivity contribution in [2.45, 2.75) is 44.6 Å². The van der Waals surface area contributed by atoms with Crippen LogP contribution in [-0.4, -0.2) is 58.1 Å². The average molecular weight is 264 g/mol. The molecule has 1 fully saturated rings. The minimum Gasteiger partial charge on any atom is -0.396 e. The van der Waals surface area contributed by atoms with E-state index in [1.165, 1.54) is 25.7 Å². The fourth-order valence-electron chi connectivity index (χ4n) is 2.23. The van der Waals surface area contributed by atoms with Crippen LogP contribution in [0.15, 0.2) is 0 Å². The molecule has 0 radical (unpaired) electrons. The van der Waals surface area contributed by atoms with E-state index < -0.39 is 6.10 Å². The third kappa shape index (κ3) is 8.83. The summed E-state index contributed by atoms with van der Waals surface area (Å²) in [4.78, 5) is 0. The maximum absolute atomic E-state index is 8.75. The first-order valence-corrected chi connectivity index (χ1v) is 6.79. The van der Waals surface area contributed by atoms with Gasteiger partial charge in [-0.05, 0) is 24.7 Å². The highest BCUT2D eigenvalue weighted by Gasteiger charge is 2.19. The van der Waals surface area contributed by atoms with Gasteiger partial charge in [0, 0.05) is 13.2 Å². The second-order valence-electron chi connectivity index (χ2n) is 4.93. The molecule has 0 spiro atoms. The third-order valence-electron chi connectivity index (χ3n) is 3.46. The molecule has 0 heterocycles. The van der Waals surface area contributed by atoms with E-state index in [2.05, 4.69) is 0 Å². The van der Waals surface area contributed by atoms with Crippen LogP contribution in [0.3, 0.4) is 0 Å². The largest absolute Gasteiger partial charge is 0.396 e. The zero-order chi connectivity index (χ0) is 13.8. The molecular formula is C13H28O5. The van der Waals surface area contributed by atoms with Crippen molar-refractivity contribution < 1.29 is 25.5 Å². The van der Waals surface area contributed by atoms with Crippen LogP contribution in [0, 0.1) is 11.8 Å². The van der Waals surface area contributed by atoms with E-state index in [0.29, 0.717) is 13.2 Å². The van der Waals surface area contributed by atoms with Crippen LogP contribution in [0.25, 0.3) is 0 Å². The first-order valence-electron chi connectivity index (χ1n) is 6.79. The summed E-state index contributed by atoms with van der Waals surface area (Å²) in [5.74, 6) is 1.51. The van der Waals surface area contributed by atoms with Gasteiger partial charge in [-0.1, -0.05) is 25.7 Å². The molecule has 0 aromatic rings. The molecule has 1 aliphatic rings. The minimum atomic E-state index is -0.954. The Morgan fingerprint density at radius 2 is 1.06 bits per heavy atom. The highest BCUT2D eigenvalue weighted by Crippen LogP contribution is 2.31. The molecule has 1 aliphatic carbocycles. The molecule has 1 rings (SSSR count). The zero-order valence-electron chi connectivity index (χ0n) is 11.0. The van der Waals surface area contributed by atoms with E-state index in [-0.39, 0.29) is 13.2 Å². The molecule has 0 aromatic heterocycles. The smallest absolute Gasteiger partial charge is 0.100 e. The van der Waals surface area contributed by atoms with Gasteiger partial charge in [0.25, 0.3) is 0 Å². The Labute approximate surface area is 109 Å². The lowest BCUT2D eigenvalue weighted by Gasteiger charge is -2.27. The fraction of sp³-hybridized carbons (Fsp3) is 1.00. The van der Waals surface area contributed by atoms with Gasteiger partial charge in [-0.2, -0.15) is 0 Å². The lowest BCUT2D eigenvalue weighted by atomic mass is 9.79. The van der Waals surface area contributed by atoms with Crippen LogP contribution in [0.2, 0.25) is 0 Å². The molecule has 0 saturated heterocycles. The summed E-state index contributed by atoms with van der Waals surface area (Å²) in [5, 5.41) is 41.5. The second-order valence-corrected chi connectivity index (χ2v) is 4.93. The van der Waals surface area contributed by atoms with Gasteiger partial charge < -0.3 is 25.5 Å². The van der Waals surface area contributed by atoms with Gasteiger partial charge in [-0.15, -0.1) is 0 Å². The van der Waals surface area contributed by atoms with Gasteiger partial charge in [-0.25, -0.2) is 0 Å². The molecule has 0 unspecified atom stereocenters. The standard InChI is InChI=1S/C10H20O2.C3H8O3/c11-7-5-9-1-2-10(4-3-9)6-8-12;4-1-3(6)2-5/h9-12H,1-8H2;3-6H,1-2H2. The van der Waals surface area contributed by atoms with Crippen molar-refractivity contribution in [3.05, 3.63) is 0 Å². The van der Waals surface area contributed by atoms with Gasteiger partial charge in [0.15, 0.2) is 0 Å². The number of aliphatic hydroxyl groups excluding tert-OH is 5. The van der Waals surface area contributed by atoms with Gasteiger partial charge in [0.2, 0.25) is 0 Å². The molecule has 0 amide bonds. The number of hydrogen-bond donors (Lipinski definition) is 5. The Morgan fingerprint density at radius 3 is 1.22 bits per heavy atom. The summed E-state index contributed by atoms with van der Waals surface area (Å²) in [6, 6.07) is 0. The van der Waals surface area contributed by atoms with Crippen molar-refractivity contribution >= 4 is 0 Å². The quantitative estimate of drug-likeness (QED) is 0.461. The molecule has 5 N–H and O–H groups in total. The Balaban J connectivity index is 0.000000411. The summed E-state index contributed by atoms with van der Waals surface area (Å²) in [7, 11) is 0. The number of hydrogen-bond acceptors (Lipinski definition) is 5. The first kappa shape index (κ1) is 17.8. The van der Waals surface area contributed by atoms with Crippen LogP contribution in [0.4, 0.5) is 0 Å². The van der Waals surface area contributed by atoms with E-state index in [4.69, 9.17) is 25.5 Å². The predicted molar refractivity (Wildman–Crippen MR) is 69.0 cm³/mol. The zero-order valence-corrected chi connectivity index (χ0v) is 11.0. The molecule has 0 bridgehead atoms. The predicted octanol–water partition coefficient (Wildman–Crippen LogP) is -0.111. The normalized spacial score (nSPS) is 23.7. The van der Waals surface area contributed by atoms with Crippen molar-refractivity contribution in [2.75, 3.05) is 26.4 Å². The molecule has 5 nitrogen and oxygen atoms in total. The summed E-state index contributed by atoms with van der Waals surface area (Å²) in [6.07, 6.45) is 6.02. The SMILES string of the molecule is OCC(O)CO.OCCC1CCC(CCO)CC1. The van der Waals surface area contributed by atoms with Gasteiger partial charge in [-0.3, -0.25) is 0 Å². The molecule has 110 valence electrons. The molecule has 5 heteroatoms. The molecule has 18 heavy (non-hydrogen) atoms. The topological polar surface area (TPSA) is 101 Å². The van der Waals surface area contributed by atoms with Crippen LogP contribution < -0.4 is 0 Å². The Hall–Kier alpha value is -0.200. The van der Waals surface area contributed by atoms with Crippen molar-refractivity contribution in [3.63, 3.8) is 0 Å². The summed E-state index contributed by atoms with van der Waals surface area (Å²) < 4.78 is 0. The Bertz CT molecular complexity index is 151. The summed E-state index contributed by atoms with van der Waals surface area (Å²) >= 11 is 0. The van der Waals surface area contributed by atoms with Crippen LogP contribution in [0.1, 0.15) is 38.5 Å². The highest BCUT2D eigenvalue weighted by atomic mass is 16.3. The van der Waals surface area contributed by atoms with E-state index >= 15 is 0 Å². The van der Waals surface area contributed by atoms with Crippen LogP contribution in [0.5, 0.6) is 0 Å². The van der Waals surface area contributed by atoms with Gasteiger partial charge >= 0.3 is 0 Å². The molecule has 0 aliphatic heterocycles. The monoisotopic (exact) mass is 264 g/mol. The number of rotatable bonds is 6. The molecule has 1 saturated carbocycles. The fourth-order valence-corrected chi connectivity index (χ4v) is 2.23. The van der Waals surface area contributed by atoms with E-state index in [0.717, 1.165) is 24.7 Å².